The minimum atomic E-state index is -0.119. The van der Waals surface area contributed by atoms with Crippen LogP contribution < -0.4 is 4.90 Å². The average molecular weight is 855 g/mol. The van der Waals surface area contributed by atoms with Crippen molar-refractivity contribution in [1.82, 2.24) is 4.57 Å². The van der Waals surface area contributed by atoms with E-state index in [9.17, 15) is 0 Å². The van der Waals surface area contributed by atoms with Gasteiger partial charge in [0, 0.05) is 44.4 Å². The van der Waals surface area contributed by atoms with E-state index in [0.29, 0.717) is 0 Å². The van der Waals surface area contributed by atoms with Crippen molar-refractivity contribution in [2.24, 2.45) is 0 Å². The zero-order chi connectivity index (χ0) is 44.6. The molecular formula is C65H46N2. The smallest absolute Gasteiger partial charge is 0.0619 e. The van der Waals surface area contributed by atoms with Crippen LogP contribution >= 0.6 is 0 Å². The predicted molar refractivity (Wildman–Crippen MR) is 284 cm³/mol. The van der Waals surface area contributed by atoms with Gasteiger partial charge in [0.2, 0.25) is 0 Å². The molecule has 11 aromatic carbocycles. The Balaban J connectivity index is 0.967. The minimum absolute atomic E-state index is 0.119. The number of rotatable bonds is 7. The first-order valence-corrected chi connectivity index (χ1v) is 23.3. The van der Waals surface area contributed by atoms with Crippen molar-refractivity contribution in [3.63, 3.8) is 0 Å². The van der Waals surface area contributed by atoms with Gasteiger partial charge in [0.25, 0.3) is 0 Å². The molecule has 1 aromatic heterocycles. The summed E-state index contributed by atoms with van der Waals surface area (Å²) in [5, 5.41) is 7.52. The number of hydrogen-bond acceptors (Lipinski definition) is 1. The topological polar surface area (TPSA) is 8.17 Å². The second-order valence-corrected chi connectivity index (χ2v) is 18.5. The summed E-state index contributed by atoms with van der Waals surface area (Å²) in [6.45, 7) is 4.72. The zero-order valence-corrected chi connectivity index (χ0v) is 37.5. The average Bonchev–Trinajstić information content (AvgIpc) is 3.85. The number of benzene rings is 11. The van der Waals surface area contributed by atoms with Crippen LogP contribution in [0.2, 0.25) is 0 Å². The van der Waals surface area contributed by atoms with E-state index in [1.165, 1.54) is 93.4 Å². The Morgan fingerprint density at radius 2 is 0.881 bits per heavy atom. The maximum Gasteiger partial charge on any atom is 0.0619 e. The van der Waals surface area contributed by atoms with Gasteiger partial charge in [-0.05, 0) is 121 Å². The summed E-state index contributed by atoms with van der Waals surface area (Å²) in [6, 6.07) is 89.4. The number of nitrogens with zero attached hydrogens (tertiary/aromatic N) is 2. The molecule has 0 bridgehead atoms. The maximum absolute atomic E-state index is 2.51. The number of para-hydroxylation sites is 3. The number of fused-ring (bicyclic) bond motifs is 9. The van der Waals surface area contributed by atoms with Crippen LogP contribution in [0.15, 0.2) is 243 Å². The molecule has 0 amide bonds. The Bertz CT molecular complexity index is 3870. The summed E-state index contributed by atoms with van der Waals surface area (Å²) in [5.41, 5.74) is 19.3. The van der Waals surface area contributed by atoms with E-state index in [1.807, 2.05) is 0 Å². The van der Waals surface area contributed by atoms with E-state index < -0.39 is 0 Å². The lowest BCUT2D eigenvalue weighted by Gasteiger charge is -2.28. The number of aromatic nitrogens is 1. The van der Waals surface area contributed by atoms with Crippen LogP contribution in [-0.2, 0) is 5.41 Å². The van der Waals surface area contributed by atoms with Gasteiger partial charge in [-0.15, -0.1) is 0 Å². The Morgan fingerprint density at radius 1 is 0.328 bits per heavy atom. The summed E-state index contributed by atoms with van der Waals surface area (Å²) in [6.07, 6.45) is 0. The highest BCUT2D eigenvalue weighted by atomic mass is 15.1. The highest BCUT2D eigenvalue weighted by Gasteiger charge is 2.36. The van der Waals surface area contributed by atoms with Gasteiger partial charge >= 0.3 is 0 Å². The Kier molecular flexibility index (Phi) is 8.91. The normalized spacial score (nSPS) is 12.7. The largest absolute Gasteiger partial charge is 0.310 e. The van der Waals surface area contributed by atoms with Gasteiger partial charge in [-0.3, -0.25) is 0 Å². The van der Waals surface area contributed by atoms with Gasteiger partial charge in [-0.25, -0.2) is 0 Å². The summed E-state index contributed by atoms with van der Waals surface area (Å²) in [5.74, 6) is 0. The van der Waals surface area contributed by atoms with Gasteiger partial charge in [0.05, 0.1) is 16.7 Å². The first-order valence-electron chi connectivity index (χ1n) is 23.3. The highest BCUT2D eigenvalue weighted by Crippen LogP contribution is 2.51. The maximum atomic E-state index is 2.51. The fraction of sp³-hybridized carbons (Fsp3) is 0.0462. The molecule has 0 N–H and O–H groups in total. The van der Waals surface area contributed by atoms with Crippen molar-refractivity contribution in [2.45, 2.75) is 19.3 Å². The minimum Gasteiger partial charge on any atom is -0.310 e. The quantitative estimate of drug-likeness (QED) is 0.145. The molecule has 1 heterocycles. The summed E-state index contributed by atoms with van der Waals surface area (Å²) < 4.78 is 2.51. The molecular weight excluding hydrogens is 809 g/mol. The van der Waals surface area contributed by atoms with E-state index in [4.69, 9.17) is 0 Å². The lowest BCUT2D eigenvalue weighted by atomic mass is 9.82. The molecule has 0 saturated carbocycles. The molecule has 0 fully saturated rings. The van der Waals surface area contributed by atoms with Gasteiger partial charge in [-0.2, -0.15) is 0 Å². The molecule has 316 valence electrons. The van der Waals surface area contributed by atoms with E-state index in [1.54, 1.807) is 0 Å². The fourth-order valence-electron chi connectivity index (χ4n) is 11.2. The van der Waals surface area contributed by atoms with Crippen molar-refractivity contribution >= 4 is 60.4 Å². The third-order valence-electron chi connectivity index (χ3n) is 14.4. The molecule has 2 nitrogen and oxygen atoms in total. The molecule has 0 aliphatic heterocycles. The van der Waals surface area contributed by atoms with Crippen molar-refractivity contribution in [2.75, 3.05) is 4.90 Å². The van der Waals surface area contributed by atoms with Crippen LogP contribution in [0.3, 0.4) is 0 Å². The Labute approximate surface area is 391 Å². The standard InChI is InChI=1S/C65H46N2/c1-65(2)60-28-13-10-24-54(60)55-40-39-49(42-61(55)65)66(47-35-31-44(32-36-47)43-17-4-3-5-18-43)48-37-33-45(34-38-48)51-21-11-14-29-62(51)67-63-30-15-12-25-56(63)57-26-16-27-58(64(57)67)59-41-46-19-6-7-20-50(46)52-22-8-9-23-53(52)59/h3-42H,1-2H3. The highest BCUT2D eigenvalue weighted by molar-refractivity contribution is 6.19. The van der Waals surface area contributed by atoms with Crippen molar-refractivity contribution in [1.29, 1.82) is 0 Å². The fourth-order valence-corrected chi connectivity index (χ4v) is 11.2. The second-order valence-electron chi connectivity index (χ2n) is 18.5. The van der Waals surface area contributed by atoms with E-state index in [-0.39, 0.29) is 5.41 Å². The van der Waals surface area contributed by atoms with Gasteiger partial charge in [-0.1, -0.05) is 202 Å². The molecule has 13 rings (SSSR count). The van der Waals surface area contributed by atoms with Crippen LogP contribution in [0.5, 0.6) is 0 Å². The van der Waals surface area contributed by atoms with Gasteiger partial charge in [0.15, 0.2) is 0 Å². The summed E-state index contributed by atoms with van der Waals surface area (Å²) >= 11 is 0. The molecule has 0 unspecified atom stereocenters. The molecule has 67 heavy (non-hydrogen) atoms. The first-order chi connectivity index (χ1) is 33.0. The van der Waals surface area contributed by atoms with Gasteiger partial charge in [0.1, 0.15) is 0 Å². The second kappa shape index (κ2) is 15.3. The lowest BCUT2D eigenvalue weighted by Crippen LogP contribution is -2.16. The Morgan fingerprint density at radius 3 is 1.67 bits per heavy atom. The van der Waals surface area contributed by atoms with E-state index >= 15 is 0 Å². The lowest BCUT2D eigenvalue weighted by molar-refractivity contribution is 0.660. The number of anilines is 3. The molecule has 1 aliphatic rings. The Hall–Kier alpha value is -8.46. The molecule has 1 aliphatic carbocycles. The monoisotopic (exact) mass is 854 g/mol. The van der Waals surface area contributed by atoms with Crippen LogP contribution in [0.25, 0.3) is 93.5 Å². The SMILES string of the molecule is CC1(C)c2ccccc2-c2ccc(N(c3ccc(-c4ccccc4)cc3)c3ccc(-c4ccccc4-n4c5ccccc5c5cccc(-c6cc7ccccc7c7ccccc67)c54)cc3)cc21. The third-order valence-corrected chi connectivity index (χ3v) is 14.4. The van der Waals surface area contributed by atoms with E-state index in [0.717, 1.165) is 28.3 Å². The van der Waals surface area contributed by atoms with Crippen molar-refractivity contribution < 1.29 is 0 Å². The van der Waals surface area contributed by atoms with Crippen LogP contribution in [0, 0.1) is 0 Å². The van der Waals surface area contributed by atoms with Crippen LogP contribution in [-0.4, -0.2) is 4.57 Å². The zero-order valence-electron chi connectivity index (χ0n) is 37.5. The summed E-state index contributed by atoms with van der Waals surface area (Å²) in [4.78, 5) is 2.41. The summed E-state index contributed by atoms with van der Waals surface area (Å²) in [7, 11) is 0. The van der Waals surface area contributed by atoms with Crippen LogP contribution in [0.4, 0.5) is 17.1 Å². The van der Waals surface area contributed by atoms with Crippen LogP contribution in [0.1, 0.15) is 25.0 Å². The van der Waals surface area contributed by atoms with Crippen molar-refractivity contribution in [3.8, 4) is 50.2 Å². The van der Waals surface area contributed by atoms with E-state index in [2.05, 4.69) is 266 Å². The predicted octanol–water partition coefficient (Wildman–Crippen LogP) is 17.9. The first kappa shape index (κ1) is 39.0. The molecule has 0 spiro atoms. The van der Waals surface area contributed by atoms with Gasteiger partial charge < -0.3 is 9.47 Å². The molecule has 12 aromatic rings. The number of hydrogen-bond donors (Lipinski definition) is 0. The molecule has 0 radical (unpaired) electrons. The molecule has 2 heteroatoms. The molecule has 0 saturated heterocycles. The molecule has 0 atom stereocenters. The third kappa shape index (κ3) is 6.18. The van der Waals surface area contributed by atoms with Crippen molar-refractivity contribution in [3.05, 3.63) is 254 Å².